The largest absolute Gasteiger partial charge is 0.493 e. The zero-order chi connectivity index (χ0) is 19.6. The molecule has 1 aliphatic heterocycles. The second kappa shape index (κ2) is 7.90. The number of carboxylic acids is 1. The van der Waals surface area contributed by atoms with Gasteiger partial charge >= 0.3 is 5.97 Å². The van der Waals surface area contributed by atoms with Crippen molar-refractivity contribution in [3.8, 4) is 17.2 Å². The number of ether oxygens (including phenoxy) is 3. The summed E-state index contributed by atoms with van der Waals surface area (Å²) in [5, 5.41) is 9.34. The van der Waals surface area contributed by atoms with Gasteiger partial charge in [-0.2, -0.15) is 0 Å². The molecule has 0 amide bonds. The molecule has 0 fully saturated rings. The van der Waals surface area contributed by atoms with Crippen molar-refractivity contribution in [1.29, 1.82) is 0 Å². The number of carbonyl (C=O) groups is 2. The highest BCUT2D eigenvalue weighted by Gasteiger charge is 2.26. The highest BCUT2D eigenvalue weighted by Crippen LogP contribution is 2.37. The van der Waals surface area contributed by atoms with Gasteiger partial charge in [0.15, 0.2) is 23.9 Å². The molecule has 0 aliphatic carbocycles. The molecular weight excluding hydrogens is 395 g/mol. The molecule has 1 N–H and O–H groups in total. The molecule has 140 valence electrons. The van der Waals surface area contributed by atoms with Crippen molar-refractivity contribution in [2.75, 3.05) is 20.3 Å². The van der Waals surface area contributed by atoms with Gasteiger partial charge in [0.2, 0.25) is 0 Å². The SMILES string of the molecule is COc1cc(/C=C2/COc3c(Cl)cc(Cl)cc3C2=O)ccc1OCC(=O)O. The molecule has 1 heterocycles. The van der Waals surface area contributed by atoms with E-state index in [9.17, 15) is 9.59 Å². The topological polar surface area (TPSA) is 82.1 Å². The Morgan fingerprint density at radius 1 is 1.26 bits per heavy atom. The average Bonchev–Trinajstić information content (AvgIpc) is 2.63. The van der Waals surface area contributed by atoms with Crippen molar-refractivity contribution < 1.29 is 28.9 Å². The summed E-state index contributed by atoms with van der Waals surface area (Å²) in [4.78, 5) is 23.4. The van der Waals surface area contributed by atoms with Crippen LogP contribution >= 0.6 is 23.2 Å². The van der Waals surface area contributed by atoms with E-state index in [4.69, 9.17) is 42.5 Å². The summed E-state index contributed by atoms with van der Waals surface area (Å²) in [7, 11) is 1.44. The van der Waals surface area contributed by atoms with Gasteiger partial charge in [0.05, 0.1) is 17.7 Å². The Balaban J connectivity index is 1.90. The van der Waals surface area contributed by atoms with Crippen LogP contribution in [0.1, 0.15) is 15.9 Å². The first-order valence-corrected chi connectivity index (χ1v) is 8.54. The van der Waals surface area contributed by atoms with Crippen LogP contribution in [0.5, 0.6) is 17.2 Å². The quantitative estimate of drug-likeness (QED) is 0.749. The number of benzene rings is 2. The van der Waals surface area contributed by atoms with Crippen LogP contribution in [-0.2, 0) is 4.79 Å². The third-order valence-electron chi connectivity index (χ3n) is 3.80. The maximum Gasteiger partial charge on any atom is 0.341 e. The summed E-state index contributed by atoms with van der Waals surface area (Å²) in [5.74, 6) is -0.369. The van der Waals surface area contributed by atoms with Gasteiger partial charge < -0.3 is 19.3 Å². The fourth-order valence-corrected chi connectivity index (χ4v) is 3.15. The predicted molar refractivity (Wildman–Crippen MR) is 100 cm³/mol. The first-order chi connectivity index (χ1) is 12.9. The summed E-state index contributed by atoms with van der Waals surface area (Å²) in [5.41, 5.74) is 1.39. The van der Waals surface area contributed by atoms with Crippen molar-refractivity contribution in [3.63, 3.8) is 0 Å². The van der Waals surface area contributed by atoms with Gasteiger partial charge in [-0.1, -0.05) is 29.3 Å². The van der Waals surface area contributed by atoms with Crippen molar-refractivity contribution in [2.45, 2.75) is 0 Å². The number of fused-ring (bicyclic) bond motifs is 1. The summed E-state index contributed by atoms with van der Waals surface area (Å²) in [6.45, 7) is -0.422. The molecule has 2 aromatic carbocycles. The van der Waals surface area contributed by atoms with E-state index in [0.717, 1.165) is 0 Å². The van der Waals surface area contributed by atoms with Crippen LogP contribution in [0.4, 0.5) is 0 Å². The highest BCUT2D eigenvalue weighted by atomic mass is 35.5. The van der Waals surface area contributed by atoms with Gasteiger partial charge in [0.25, 0.3) is 0 Å². The molecule has 0 saturated heterocycles. The molecule has 0 aromatic heterocycles. The number of halogens is 2. The minimum absolute atomic E-state index is 0.0623. The van der Waals surface area contributed by atoms with E-state index in [-0.39, 0.29) is 23.2 Å². The summed E-state index contributed by atoms with van der Waals surface area (Å²) in [6.07, 6.45) is 1.66. The molecule has 3 rings (SSSR count). The van der Waals surface area contributed by atoms with E-state index in [1.54, 1.807) is 24.3 Å². The Morgan fingerprint density at radius 2 is 2.04 bits per heavy atom. The molecule has 8 heteroatoms. The minimum atomic E-state index is -1.09. The average molecular weight is 409 g/mol. The lowest BCUT2D eigenvalue weighted by Gasteiger charge is -2.20. The Hall–Kier alpha value is -2.70. The summed E-state index contributed by atoms with van der Waals surface area (Å²) < 4.78 is 16.0. The van der Waals surface area contributed by atoms with E-state index in [2.05, 4.69) is 0 Å². The number of carbonyl (C=O) groups excluding carboxylic acids is 1. The number of Topliss-reactive ketones (excluding diaryl/α,β-unsaturated/α-hetero) is 1. The zero-order valence-corrected chi connectivity index (χ0v) is 15.6. The van der Waals surface area contributed by atoms with Crippen molar-refractivity contribution in [1.82, 2.24) is 0 Å². The van der Waals surface area contributed by atoms with Gasteiger partial charge in [-0.25, -0.2) is 4.79 Å². The lowest BCUT2D eigenvalue weighted by Crippen LogP contribution is -2.19. The standard InChI is InChI=1S/C19H14Cl2O6/c1-25-16-5-10(2-3-15(16)26-9-17(22)23)4-11-8-27-19-13(18(11)24)6-12(20)7-14(19)21/h2-7H,8-9H2,1H3,(H,22,23)/b11-4-. The van der Waals surface area contributed by atoms with Crippen molar-refractivity contribution in [3.05, 3.63) is 57.1 Å². The first kappa shape index (κ1) is 19.1. The number of carboxylic acid groups (broad SMARTS) is 1. The van der Waals surface area contributed by atoms with E-state index in [0.29, 0.717) is 33.2 Å². The number of hydrogen-bond acceptors (Lipinski definition) is 5. The number of methoxy groups -OCH3 is 1. The first-order valence-electron chi connectivity index (χ1n) is 7.78. The van der Waals surface area contributed by atoms with Crippen LogP contribution < -0.4 is 14.2 Å². The summed E-state index contributed by atoms with van der Waals surface area (Å²) in [6, 6.07) is 7.93. The molecule has 27 heavy (non-hydrogen) atoms. The number of aliphatic carboxylic acids is 1. The normalized spacial score (nSPS) is 14.5. The van der Waals surface area contributed by atoms with E-state index in [1.807, 2.05) is 0 Å². The maximum atomic E-state index is 12.7. The summed E-state index contributed by atoms with van der Waals surface area (Å²) >= 11 is 12.1. The smallest absolute Gasteiger partial charge is 0.341 e. The van der Waals surface area contributed by atoms with Crippen LogP contribution in [0.3, 0.4) is 0 Å². The third-order valence-corrected chi connectivity index (χ3v) is 4.30. The fraction of sp³-hybridized carbons (Fsp3) is 0.158. The Labute approximate surface area is 164 Å². The van der Waals surface area contributed by atoms with E-state index < -0.39 is 12.6 Å². The van der Waals surface area contributed by atoms with Gasteiger partial charge in [0, 0.05) is 10.6 Å². The third kappa shape index (κ3) is 4.18. The molecule has 0 atom stereocenters. The second-order valence-electron chi connectivity index (χ2n) is 5.64. The van der Waals surface area contributed by atoms with Crippen LogP contribution in [-0.4, -0.2) is 37.2 Å². The van der Waals surface area contributed by atoms with Crippen LogP contribution in [0.2, 0.25) is 10.0 Å². The molecule has 0 spiro atoms. The lowest BCUT2D eigenvalue weighted by molar-refractivity contribution is -0.139. The molecule has 0 unspecified atom stereocenters. The number of hydrogen-bond donors (Lipinski definition) is 1. The van der Waals surface area contributed by atoms with Gasteiger partial charge in [-0.3, -0.25) is 4.79 Å². The van der Waals surface area contributed by atoms with Gasteiger partial charge in [0.1, 0.15) is 12.4 Å². The van der Waals surface area contributed by atoms with Crippen LogP contribution in [0, 0.1) is 0 Å². The molecule has 0 saturated carbocycles. The Bertz CT molecular complexity index is 951. The highest BCUT2D eigenvalue weighted by molar-refractivity contribution is 6.37. The predicted octanol–water partition coefficient (Wildman–Crippen LogP) is 4.12. The molecule has 0 bridgehead atoms. The molecular formula is C19H14Cl2O6. The molecule has 0 radical (unpaired) electrons. The van der Waals surface area contributed by atoms with Gasteiger partial charge in [-0.05, 0) is 35.9 Å². The fourth-order valence-electron chi connectivity index (χ4n) is 2.61. The zero-order valence-electron chi connectivity index (χ0n) is 14.1. The lowest BCUT2D eigenvalue weighted by atomic mass is 9.98. The number of rotatable bonds is 5. The monoisotopic (exact) mass is 408 g/mol. The molecule has 1 aliphatic rings. The van der Waals surface area contributed by atoms with E-state index in [1.165, 1.54) is 19.2 Å². The minimum Gasteiger partial charge on any atom is -0.493 e. The maximum absolute atomic E-state index is 12.7. The van der Waals surface area contributed by atoms with Crippen LogP contribution in [0.25, 0.3) is 6.08 Å². The van der Waals surface area contributed by atoms with Crippen molar-refractivity contribution >= 4 is 41.0 Å². The number of ketones is 1. The van der Waals surface area contributed by atoms with Crippen LogP contribution in [0.15, 0.2) is 35.9 Å². The van der Waals surface area contributed by atoms with E-state index >= 15 is 0 Å². The molecule has 6 nitrogen and oxygen atoms in total. The van der Waals surface area contributed by atoms with Gasteiger partial charge in [-0.15, -0.1) is 0 Å². The Kier molecular flexibility index (Phi) is 5.58. The molecule has 2 aromatic rings. The van der Waals surface area contributed by atoms with Crippen molar-refractivity contribution in [2.24, 2.45) is 0 Å². The second-order valence-corrected chi connectivity index (χ2v) is 6.49. The Morgan fingerprint density at radius 3 is 2.74 bits per heavy atom.